The van der Waals surface area contributed by atoms with Gasteiger partial charge in [0.15, 0.2) is 0 Å². The van der Waals surface area contributed by atoms with Crippen LogP contribution in [0.15, 0.2) is 60.7 Å². The largest absolute Gasteiger partial charge is 0.497 e. The number of ether oxygens (including phenoxy) is 2. The molecule has 0 unspecified atom stereocenters. The average molecular weight is 367 g/mol. The summed E-state index contributed by atoms with van der Waals surface area (Å²) in [4.78, 5) is 15.6. The minimum Gasteiger partial charge on any atom is -0.497 e. The Morgan fingerprint density at radius 2 is 1.81 bits per heavy atom. The van der Waals surface area contributed by atoms with Crippen LogP contribution in [0, 0.1) is 5.95 Å². The Bertz CT molecular complexity index is 945. The van der Waals surface area contributed by atoms with E-state index in [-0.39, 0.29) is 17.9 Å². The lowest BCUT2D eigenvalue weighted by atomic mass is 10.2. The van der Waals surface area contributed by atoms with Crippen LogP contribution in [-0.4, -0.2) is 18.0 Å². The van der Waals surface area contributed by atoms with E-state index in [1.807, 2.05) is 30.3 Å². The number of methoxy groups -OCH3 is 1. The highest BCUT2D eigenvalue weighted by atomic mass is 19.1. The lowest BCUT2D eigenvalue weighted by molar-refractivity contribution is 0.0951. The van der Waals surface area contributed by atoms with Gasteiger partial charge in [0.05, 0.1) is 12.7 Å². The minimum absolute atomic E-state index is 0.134. The van der Waals surface area contributed by atoms with Gasteiger partial charge in [-0.1, -0.05) is 18.2 Å². The Labute approximate surface area is 155 Å². The SMILES string of the molecule is COc1cccc(Oc2ccc(CNC(=O)c3ccc(F)nc3N)cc2)c1. The second-order valence-electron chi connectivity index (χ2n) is 5.67. The number of halogens is 1. The van der Waals surface area contributed by atoms with E-state index in [1.165, 1.54) is 6.07 Å². The molecule has 3 rings (SSSR count). The van der Waals surface area contributed by atoms with E-state index in [0.29, 0.717) is 17.2 Å². The van der Waals surface area contributed by atoms with Crippen LogP contribution in [0.25, 0.3) is 0 Å². The summed E-state index contributed by atoms with van der Waals surface area (Å²) < 4.78 is 23.9. The highest BCUT2D eigenvalue weighted by molar-refractivity contribution is 5.98. The predicted octanol–water partition coefficient (Wildman–Crippen LogP) is 3.53. The van der Waals surface area contributed by atoms with Crippen molar-refractivity contribution < 1.29 is 18.7 Å². The number of carbonyl (C=O) groups is 1. The number of pyridine rings is 1. The van der Waals surface area contributed by atoms with Gasteiger partial charge in [-0.15, -0.1) is 0 Å². The molecule has 1 amide bonds. The van der Waals surface area contributed by atoms with Crippen LogP contribution >= 0.6 is 0 Å². The van der Waals surface area contributed by atoms with Crippen LogP contribution in [-0.2, 0) is 6.54 Å². The number of hydrogen-bond acceptors (Lipinski definition) is 5. The molecule has 3 N–H and O–H groups in total. The first-order valence-electron chi connectivity index (χ1n) is 8.16. The quantitative estimate of drug-likeness (QED) is 0.651. The van der Waals surface area contributed by atoms with Crippen molar-refractivity contribution in [2.24, 2.45) is 0 Å². The number of rotatable bonds is 6. The molecular formula is C20H18FN3O3. The molecule has 6 nitrogen and oxygen atoms in total. The monoisotopic (exact) mass is 367 g/mol. The van der Waals surface area contributed by atoms with Gasteiger partial charge >= 0.3 is 0 Å². The normalized spacial score (nSPS) is 10.3. The third kappa shape index (κ3) is 4.72. The van der Waals surface area contributed by atoms with Gasteiger partial charge in [-0.3, -0.25) is 4.79 Å². The zero-order chi connectivity index (χ0) is 19.2. The molecule has 1 heterocycles. The fraction of sp³-hybridized carbons (Fsp3) is 0.100. The molecule has 0 spiro atoms. The van der Waals surface area contributed by atoms with Crippen LogP contribution in [0.5, 0.6) is 17.2 Å². The standard InChI is InChI=1S/C20H18FN3O3/c1-26-15-3-2-4-16(11-15)27-14-7-5-13(6-8-14)12-23-20(25)17-9-10-18(21)24-19(17)22/h2-11H,12H2,1H3,(H2,22,24)(H,23,25). The molecule has 0 saturated carbocycles. The summed E-state index contributed by atoms with van der Waals surface area (Å²) in [6.45, 7) is 0.287. The molecule has 0 aliphatic rings. The number of anilines is 1. The molecule has 0 aliphatic carbocycles. The fourth-order valence-electron chi connectivity index (χ4n) is 2.40. The predicted molar refractivity (Wildman–Crippen MR) is 99.3 cm³/mol. The van der Waals surface area contributed by atoms with Crippen molar-refractivity contribution >= 4 is 11.7 Å². The number of benzene rings is 2. The molecule has 7 heteroatoms. The molecule has 3 aromatic rings. The third-order valence-corrected chi connectivity index (χ3v) is 3.79. The van der Waals surface area contributed by atoms with E-state index in [0.717, 1.165) is 11.6 Å². The number of nitrogens with zero attached hydrogens (tertiary/aromatic N) is 1. The number of nitrogen functional groups attached to an aromatic ring is 1. The Morgan fingerprint density at radius 1 is 1.07 bits per heavy atom. The van der Waals surface area contributed by atoms with E-state index in [1.54, 1.807) is 25.3 Å². The second-order valence-corrected chi connectivity index (χ2v) is 5.67. The summed E-state index contributed by atoms with van der Waals surface area (Å²) in [7, 11) is 1.60. The van der Waals surface area contributed by atoms with Gasteiger partial charge in [0, 0.05) is 12.6 Å². The van der Waals surface area contributed by atoms with Gasteiger partial charge in [0.1, 0.15) is 23.1 Å². The molecule has 27 heavy (non-hydrogen) atoms. The maximum Gasteiger partial charge on any atom is 0.255 e. The highest BCUT2D eigenvalue weighted by Crippen LogP contribution is 2.25. The topological polar surface area (TPSA) is 86.5 Å². The lowest BCUT2D eigenvalue weighted by Crippen LogP contribution is -2.24. The maximum absolute atomic E-state index is 13.0. The highest BCUT2D eigenvalue weighted by Gasteiger charge is 2.11. The average Bonchev–Trinajstić information content (AvgIpc) is 2.67. The van der Waals surface area contributed by atoms with E-state index in [9.17, 15) is 9.18 Å². The smallest absolute Gasteiger partial charge is 0.255 e. The van der Waals surface area contributed by atoms with Crippen LogP contribution in [0.2, 0.25) is 0 Å². The van der Waals surface area contributed by atoms with Crippen LogP contribution < -0.4 is 20.5 Å². The minimum atomic E-state index is -0.726. The van der Waals surface area contributed by atoms with E-state index in [2.05, 4.69) is 10.3 Å². The number of amides is 1. The summed E-state index contributed by atoms with van der Waals surface area (Å²) in [5.74, 6) is 0.739. The van der Waals surface area contributed by atoms with Crippen LogP contribution in [0.3, 0.4) is 0 Å². The first-order chi connectivity index (χ1) is 13.0. The van der Waals surface area contributed by atoms with Crippen molar-refractivity contribution in [1.82, 2.24) is 10.3 Å². The zero-order valence-electron chi connectivity index (χ0n) is 14.6. The van der Waals surface area contributed by atoms with Crippen molar-refractivity contribution in [1.29, 1.82) is 0 Å². The number of carbonyl (C=O) groups excluding carboxylic acids is 1. The molecule has 0 aliphatic heterocycles. The first kappa shape index (κ1) is 18.2. The van der Waals surface area contributed by atoms with Gasteiger partial charge in [-0.05, 0) is 42.0 Å². The van der Waals surface area contributed by atoms with Crippen molar-refractivity contribution in [2.75, 3.05) is 12.8 Å². The molecule has 0 atom stereocenters. The maximum atomic E-state index is 13.0. The van der Waals surface area contributed by atoms with Gasteiger partial charge in [-0.25, -0.2) is 4.98 Å². The van der Waals surface area contributed by atoms with Crippen LogP contribution in [0.4, 0.5) is 10.2 Å². The Hall–Kier alpha value is -3.61. The van der Waals surface area contributed by atoms with E-state index < -0.39 is 11.9 Å². The first-order valence-corrected chi connectivity index (χ1v) is 8.16. The molecule has 2 aromatic carbocycles. The molecule has 0 saturated heterocycles. The molecule has 1 aromatic heterocycles. The molecule has 138 valence electrons. The van der Waals surface area contributed by atoms with Crippen molar-refractivity contribution in [2.45, 2.75) is 6.54 Å². The summed E-state index contributed by atoms with van der Waals surface area (Å²) in [6.07, 6.45) is 0. The van der Waals surface area contributed by atoms with Gasteiger partial charge < -0.3 is 20.5 Å². The fourth-order valence-corrected chi connectivity index (χ4v) is 2.40. The molecule has 0 fully saturated rings. The summed E-state index contributed by atoms with van der Waals surface area (Å²) in [6, 6.07) is 17.0. The Kier molecular flexibility index (Phi) is 5.51. The lowest BCUT2D eigenvalue weighted by Gasteiger charge is -2.09. The van der Waals surface area contributed by atoms with Crippen LogP contribution in [0.1, 0.15) is 15.9 Å². The zero-order valence-corrected chi connectivity index (χ0v) is 14.6. The van der Waals surface area contributed by atoms with Gasteiger partial charge in [-0.2, -0.15) is 4.39 Å². The Balaban J connectivity index is 1.59. The number of aromatic nitrogens is 1. The summed E-state index contributed by atoms with van der Waals surface area (Å²) >= 11 is 0. The number of nitrogens with two attached hydrogens (primary N) is 1. The summed E-state index contributed by atoms with van der Waals surface area (Å²) in [5, 5.41) is 2.72. The molecule has 0 radical (unpaired) electrons. The number of nitrogens with one attached hydrogen (secondary N) is 1. The Morgan fingerprint density at radius 3 is 2.52 bits per heavy atom. The second kappa shape index (κ2) is 8.18. The molecule has 0 bridgehead atoms. The third-order valence-electron chi connectivity index (χ3n) is 3.79. The van der Waals surface area contributed by atoms with Crippen molar-refractivity contribution in [3.63, 3.8) is 0 Å². The molecular weight excluding hydrogens is 349 g/mol. The van der Waals surface area contributed by atoms with Crippen molar-refractivity contribution in [3.05, 3.63) is 77.7 Å². The van der Waals surface area contributed by atoms with Gasteiger partial charge in [0.2, 0.25) is 5.95 Å². The van der Waals surface area contributed by atoms with Gasteiger partial charge in [0.25, 0.3) is 5.91 Å². The van der Waals surface area contributed by atoms with E-state index in [4.69, 9.17) is 15.2 Å². The van der Waals surface area contributed by atoms with E-state index >= 15 is 0 Å². The van der Waals surface area contributed by atoms with Crippen molar-refractivity contribution in [3.8, 4) is 17.2 Å². The number of hydrogen-bond donors (Lipinski definition) is 2. The summed E-state index contributed by atoms with van der Waals surface area (Å²) in [5.41, 5.74) is 6.57.